The number of hydrogen-bond acceptors (Lipinski definition) is 6. The van der Waals surface area contributed by atoms with Crippen LogP contribution in [0.1, 0.15) is 17.3 Å². The minimum absolute atomic E-state index is 0. The average molecular weight is 424 g/mol. The van der Waals surface area contributed by atoms with Crippen molar-refractivity contribution in [2.24, 2.45) is 5.73 Å². The third-order valence-corrected chi connectivity index (χ3v) is 6.06. The number of methoxy groups -OCH3 is 2. The van der Waals surface area contributed by atoms with E-state index in [9.17, 15) is 13.2 Å². The van der Waals surface area contributed by atoms with Crippen LogP contribution in [-0.2, 0) is 19.5 Å². The van der Waals surface area contributed by atoms with Gasteiger partial charge in [-0.3, -0.25) is 4.79 Å². The van der Waals surface area contributed by atoms with E-state index in [1.807, 2.05) is 6.92 Å². The van der Waals surface area contributed by atoms with Crippen LogP contribution in [0.4, 0.5) is 0 Å². The SMILES string of the molecule is COCCN(CCOC)S(=O)(=O)c1ccc(C(=O)N(C)C(C)CN)cc1.Cl. The summed E-state index contributed by atoms with van der Waals surface area (Å²) in [7, 11) is 0.996. The smallest absolute Gasteiger partial charge is 0.253 e. The van der Waals surface area contributed by atoms with Crippen LogP contribution in [0, 0.1) is 0 Å². The van der Waals surface area contributed by atoms with Crippen LogP contribution in [-0.4, -0.2) is 83.7 Å². The third-order valence-electron chi connectivity index (χ3n) is 4.15. The molecule has 1 atom stereocenters. The molecule has 0 saturated heterocycles. The van der Waals surface area contributed by atoms with Gasteiger partial charge in [0.15, 0.2) is 0 Å². The van der Waals surface area contributed by atoms with Crippen molar-refractivity contribution in [1.82, 2.24) is 9.21 Å². The van der Waals surface area contributed by atoms with Gasteiger partial charge in [-0.1, -0.05) is 0 Å². The van der Waals surface area contributed by atoms with Gasteiger partial charge in [0.05, 0.1) is 18.1 Å². The van der Waals surface area contributed by atoms with Crippen LogP contribution < -0.4 is 5.73 Å². The van der Waals surface area contributed by atoms with E-state index < -0.39 is 10.0 Å². The molecule has 1 unspecified atom stereocenters. The molecule has 0 saturated carbocycles. The van der Waals surface area contributed by atoms with Gasteiger partial charge in [-0.25, -0.2) is 8.42 Å². The molecule has 0 fully saturated rings. The summed E-state index contributed by atoms with van der Waals surface area (Å²) in [6.45, 7) is 3.20. The number of halogens is 1. The molecule has 156 valence electrons. The third kappa shape index (κ3) is 7.02. The number of hydrogen-bond donors (Lipinski definition) is 1. The molecule has 1 aromatic rings. The quantitative estimate of drug-likeness (QED) is 0.565. The Kier molecular flexibility index (Phi) is 11.7. The molecular weight excluding hydrogens is 394 g/mol. The summed E-state index contributed by atoms with van der Waals surface area (Å²) in [5.74, 6) is -0.206. The van der Waals surface area contributed by atoms with Gasteiger partial charge in [0.2, 0.25) is 10.0 Å². The maximum absolute atomic E-state index is 12.8. The molecule has 0 radical (unpaired) electrons. The Bertz CT molecular complexity index is 662. The zero-order valence-electron chi connectivity index (χ0n) is 16.3. The summed E-state index contributed by atoms with van der Waals surface area (Å²) >= 11 is 0. The highest BCUT2D eigenvalue weighted by atomic mass is 35.5. The van der Waals surface area contributed by atoms with E-state index in [0.717, 1.165) is 0 Å². The summed E-state index contributed by atoms with van der Waals surface area (Å²) in [5.41, 5.74) is 5.99. The number of likely N-dealkylation sites (N-methyl/N-ethyl adjacent to an activating group) is 1. The fourth-order valence-electron chi connectivity index (χ4n) is 2.22. The molecule has 0 aliphatic rings. The van der Waals surface area contributed by atoms with Gasteiger partial charge in [-0.15, -0.1) is 12.4 Å². The first-order chi connectivity index (χ1) is 12.3. The van der Waals surface area contributed by atoms with Gasteiger partial charge >= 0.3 is 0 Å². The molecule has 27 heavy (non-hydrogen) atoms. The molecule has 1 rings (SSSR count). The van der Waals surface area contributed by atoms with E-state index in [4.69, 9.17) is 15.2 Å². The molecule has 0 spiro atoms. The zero-order chi connectivity index (χ0) is 19.7. The highest BCUT2D eigenvalue weighted by Gasteiger charge is 2.25. The van der Waals surface area contributed by atoms with Crippen LogP contribution >= 0.6 is 12.4 Å². The van der Waals surface area contributed by atoms with Crippen molar-refractivity contribution in [1.29, 1.82) is 0 Å². The number of carbonyl (C=O) groups is 1. The lowest BCUT2D eigenvalue weighted by Crippen LogP contribution is -2.39. The second kappa shape index (κ2) is 12.3. The molecule has 0 aromatic heterocycles. The fraction of sp³-hybridized carbons (Fsp3) is 0.588. The molecule has 1 aromatic carbocycles. The van der Waals surface area contributed by atoms with Crippen LogP contribution in [0.15, 0.2) is 29.2 Å². The highest BCUT2D eigenvalue weighted by molar-refractivity contribution is 7.89. The van der Waals surface area contributed by atoms with Crippen molar-refractivity contribution in [3.8, 4) is 0 Å². The largest absolute Gasteiger partial charge is 0.383 e. The fourth-order valence-corrected chi connectivity index (χ4v) is 3.63. The molecule has 0 aliphatic carbocycles. The number of ether oxygens (including phenoxy) is 2. The lowest BCUT2D eigenvalue weighted by Gasteiger charge is -2.24. The van der Waals surface area contributed by atoms with Crippen molar-refractivity contribution in [2.75, 3.05) is 54.1 Å². The summed E-state index contributed by atoms with van der Waals surface area (Å²) < 4.78 is 36.9. The molecule has 0 aliphatic heterocycles. The van der Waals surface area contributed by atoms with E-state index in [1.165, 1.54) is 47.7 Å². The van der Waals surface area contributed by atoms with E-state index in [2.05, 4.69) is 0 Å². The van der Waals surface area contributed by atoms with Gasteiger partial charge in [0.1, 0.15) is 0 Å². The number of rotatable bonds is 11. The summed E-state index contributed by atoms with van der Waals surface area (Å²) in [6.07, 6.45) is 0. The van der Waals surface area contributed by atoms with Gasteiger partial charge in [-0.05, 0) is 31.2 Å². The minimum atomic E-state index is -3.70. The molecular formula is C17H30ClN3O5S. The average Bonchev–Trinajstić information content (AvgIpc) is 2.66. The number of benzene rings is 1. The topological polar surface area (TPSA) is 102 Å². The first-order valence-corrected chi connectivity index (χ1v) is 9.78. The van der Waals surface area contributed by atoms with Crippen molar-refractivity contribution in [3.05, 3.63) is 29.8 Å². The Labute approximate surface area is 168 Å². The molecule has 0 heterocycles. The maximum Gasteiger partial charge on any atom is 0.253 e. The van der Waals surface area contributed by atoms with Gasteiger partial charge < -0.3 is 20.1 Å². The summed E-state index contributed by atoms with van der Waals surface area (Å²) in [6, 6.07) is 5.80. The Morgan fingerprint density at radius 3 is 2.00 bits per heavy atom. The van der Waals surface area contributed by atoms with Crippen LogP contribution in [0.2, 0.25) is 0 Å². The second-order valence-corrected chi connectivity index (χ2v) is 7.85. The highest BCUT2D eigenvalue weighted by Crippen LogP contribution is 2.17. The Hall–Kier alpha value is -1.23. The molecule has 10 heteroatoms. The summed E-state index contributed by atoms with van der Waals surface area (Å²) in [5, 5.41) is 0. The normalized spacial score (nSPS) is 12.5. The predicted molar refractivity (Wildman–Crippen MR) is 107 cm³/mol. The standard InChI is InChI=1S/C17H29N3O5S.ClH/c1-14(13-18)19(2)17(21)15-5-7-16(8-6-15)26(22,23)20(9-11-24-3)10-12-25-4;/h5-8,14H,9-13,18H2,1-4H3;1H. The van der Waals surface area contributed by atoms with Crippen molar-refractivity contribution in [2.45, 2.75) is 17.9 Å². The zero-order valence-corrected chi connectivity index (χ0v) is 17.9. The van der Waals surface area contributed by atoms with Gasteiger partial charge in [0.25, 0.3) is 5.91 Å². The van der Waals surface area contributed by atoms with E-state index >= 15 is 0 Å². The number of amides is 1. The number of carbonyl (C=O) groups excluding carboxylic acids is 1. The number of nitrogens with zero attached hydrogens (tertiary/aromatic N) is 2. The van der Waals surface area contributed by atoms with Crippen molar-refractivity contribution in [3.63, 3.8) is 0 Å². The Balaban J connectivity index is 0.00000676. The molecule has 2 N–H and O–H groups in total. The van der Waals surface area contributed by atoms with Crippen molar-refractivity contribution >= 4 is 28.3 Å². The van der Waals surface area contributed by atoms with Gasteiger partial charge in [-0.2, -0.15) is 4.31 Å². The number of nitrogens with two attached hydrogens (primary N) is 1. The Morgan fingerprint density at radius 2 is 1.59 bits per heavy atom. The van der Waals surface area contributed by atoms with Gasteiger partial charge in [0, 0.05) is 52.5 Å². The predicted octanol–water partition coefficient (Wildman–Crippen LogP) is 0.811. The summed E-state index contributed by atoms with van der Waals surface area (Å²) in [4.78, 5) is 14.1. The van der Waals surface area contributed by atoms with E-state index in [1.54, 1.807) is 7.05 Å². The van der Waals surface area contributed by atoms with Crippen molar-refractivity contribution < 1.29 is 22.7 Å². The monoisotopic (exact) mass is 423 g/mol. The van der Waals surface area contributed by atoms with E-state index in [-0.39, 0.29) is 55.6 Å². The second-order valence-electron chi connectivity index (χ2n) is 5.91. The number of sulfonamides is 1. The first kappa shape index (κ1) is 25.8. The lowest BCUT2D eigenvalue weighted by molar-refractivity contribution is 0.0748. The molecule has 0 bridgehead atoms. The maximum atomic E-state index is 12.8. The first-order valence-electron chi connectivity index (χ1n) is 8.34. The molecule has 8 nitrogen and oxygen atoms in total. The van der Waals surface area contributed by atoms with E-state index in [0.29, 0.717) is 12.1 Å². The molecule has 1 amide bonds. The Morgan fingerprint density at radius 1 is 1.11 bits per heavy atom. The lowest BCUT2D eigenvalue weighted by atomic mass is 10.2. The van der Waals surface area contributed by atoms with Crippen LogP contribution in [0.25, 0.3) is 0 Å². The minimum Gasteiger partial charge on any atom is -0.383 e. The van der Waals surface area contributed by atoms with Crippen LogP contribution in [0.5, 0.6) is 0 Å². The van der Waals surface area contributed by atoms with Crippen LogP contribution in [0.3, 0.4) is 0 Å².